The summed E-state index contributed by atoms with van der Waals surface area (Å²) in [5.74, 6) is -0.860. The molecular formula is C28H22F3N7O2. The lowest BCUT2D eigenvalue weighted by molar-refractivity contribution is -0.0576. The van der Waals surface area contributed by atoms with Crippen LogP contribution in [0.4, 0.5) is 24.7 Å². The number of carbonyl (C=O) groups is 2. The Morgan fingerprint density at radius 1 is 0.875 bits per heavy atom. The molecule has 40 heavy (non-hydrogen) atoms. The minimum Gasteiger partial charge on any atom is -0.398 e. The number of anilines is 1. The molecule has 0 saturated heterocycles. The Labute approximate surface area is 226 Å². The molecule has 12 heteroatoms. The van der Waals surface area contributed by atoms with E-state index in [1.54, 1.807) is 36.7 Å². The topological polar surface area (TPSA) is 135 Å². The highest BCUT2D eigenvalue weighted by Gasteiger charge is 2.34. The first-order valence-corrected chi connectivity index (χ1v) is 11.8. The zero-order chi connectivity index (χ0) is 28.5. The molecule has 0 fully saturated rings. The van der Waals surface area contributed by atoms with Crippen LogP contribution in [0.3, 0.4) is 0 Å². The molecule has 2 amide bonds. The SMILES string of the molecule is NC(=CC(=Nc1ccc(NC(=O)c2cccc(C(=O)NCc3cccnc3)c2)nc1)C(F)(F)F)c1cccnc1. The number of carbonyl (C=O) groups excluding carboxylic acids is 2. The van der Waals surface area contributed by atoms with Crippen molar-refractivity contribution >= 4 is 34.7 Å². The summed E-state index contributed by atoms with van der Waals surface area (Å²) in [7, 11) is 0. The van der Waals surface area contributed by atoms with E-state index < -0.39 is 17.8 Å². The lowest BCUT2D eigenvalue weighted by Gasteiger charge is -2.09. The van der Waals surface area contributed by atoms with Crippen LogP contribution in [-0.4, -0.2) is 38.7 Å². The molecular weight excluding hydrogens is 523 g/mol. The second-order valence-electron chi connectivity index (χ2n) is 8.32. The van der Waals surface area contributed by atoms with Gasteiger partial charge in [-0.15, -0.1) is 0 Å². The largest absolute Gasteiger partial charge is 0.433 e. The van der Waals surface area contributed by atoms with Crippen LogP contribution in [0.25, 0.3) is 5.70 Å². The summed E-state index contributed by atoms with van der Waals surface area (Å²) >= 11 is 0. The maximum atomic E-state index is 13.6. The molecule has 0 aliphatic carbocycles. The molecule has 3 aromatic heterocycles. The van der Waals surface area contributed by atoms with Crippen LogP contribution in [0.1, 0.15) is 31.8 Å². The van der Waals surface area contributed by atoms with Crippen molar-refractivity contribution in [3.8, 4) is 0 Å². The van der Waals surface area contributed by atoms with Gasteiger partial charge in [0.2, 0.25) is 0 Å². The van der Waals surface area contributed by atoms with Crippen molar-refractivity contribution in [1.29, 1.82) is 0 Å². The summed E-state index contributed by atoms with van der Waals surface area (Å²) < 4.78 is 40.8. The predicted octanol–water partition coefficient (Wildman–Crippen LogP) is 4.69. The Kier molecular flexibility index (Phi) is 8.59. The molecule has 1 aromatic carbocycles. The van der Waals surface area contributed by atoms with Gasteiger partial charge in [0, 0.05) is 53.7 Å². The van der Waals surface area contributed by atoms with Crippen LogP contribution in [0.2, 0.25) is 0 Å². The standard InChI is InChI=1S/C28H22F3N7O2/c29-28(30,31)24(13-23(32)21-7-3-11-34-16-21)37-22-8-9-25(35-17-22)38-27(40)20-6-1-5-19(12-20)26(39)36-15-18-4-2-10-33-14-18/h1-14,16-17H,15,32H2,(H,36,39)(H,35,38,40). The first-order chi connectivity index (χ1) is 19.2. The van der Waals surface area contributed by atoms with E-state index >= 15 is 0 Å². The molecule has 0 radical (unpaired) electrons. The number of halogens is 3. The van der Waals surface area contributed by atoms with E-state index in [2.05, 4.69) is 30.6 Å². The van der Waals surface area contributed by atoms with E-state index in [4.69, 9.17) is 5.73 Å². The van der Waals surface area contributed by atoms with Crippen LogP contribution in [0.5, 0.6) is 0 Å². The summed E-state index contributed by atoms with van der Waals surface area (Å²) in [6.45, 7) is 0.268. The summed E-state index contributed by atoms with van der Waals surface area (Å²) in [6.07, 6.45) is 3.08. The number of hydrogen-bond donors (Lipinski definition) is 3. The third kappa shape index (κ3) is 7.57. The molecule has 4 N–H and O–H groups in total. The van der Waals surface area contributed by atoms with Crippen molar-refractivity contribution in [1.82, 2.24) is 20.3 Å². The highest BCUT2D eigenvalue weighted by Crippen LogP contribution is 2.24. The van der Waals surface area contributed by atoms with Crippen LogP contribution in [0, 0.1) is 0 Å². The van der Waals surface area contributed by atoms with Gasteiger partial charge >= 0.3 is 6.18 Å². The molecule has 0 aliphatic rings. The minimum atomic E-state index is -4.78. The van der Waals surface area contributed by atoms with Gasteiger partial charge in [-0.25, -0.2) is 9.98 Å². The van der Waals surface area contributed by atoms with E-state index in [1.807, 2.05) is 6.07 Å². The summed E-state index contributed by atoms with van der Waals surface area (Å²) in [6, 6.07) is 15.3. The fraction of sp³-hybridized carbons (Fsp3) is 0.0714. The van der Waals surface area contributed by atoms with Crippen LogP contribution >= 0.6 is 0 Å². The van der Waals surface area contributed by atoms with Gasteiger partial charge in [-0.05, 0) is 60.2 Å². The van der Waals surface area contributed by atoms with Gasteiger partial charge in [0.05, 0.1) is 11.9 Å². The van der Waals surface area contributed by atoms with Crippen LogP contribution in [0.15, 0.2) is 103 Å². The molecule has 0 saturated carbocycles. The van der Waals surface area contributed by atoms with Crippen molar-refractivity contribution in [3.63, 3.8) is 0 Å². The number of pyridine rings is 3. The van der Waals surface area contributed by atoms with Crippen LogP contribution in [-0.2, 0) is 6.54 Å². The first-order valence-electron chi connectivity index (χ1n) is 11.8. The number of nitrogens with one attached hydrogen (secondary N) is 2. The average molecular weight is 546 g/mol. The van der Waals surface area contributed by atoms with Crippen molar-refractivity contribution < 1.29 is 22.8 Å². The monoisotopic (exact) mass is 545 g/mol. The third-order valence-corrected chi connectivity index (χ3v) is 5.38. The molecule has 0 aliphatic heterocycles. The van der Waals surface area contributed by atoms with Gasteiger partial charge in [0.15, 0.2) is 0 Å². The van der Waals surface area contributed by atoms with E-state index in [0.29, 0.717) is 11.6 Å². The molecule has 9 nitrogen and oxygen atoms in total. The average Bonchev–Trinajstić information content (AvgIpc) is 2.97. The summed E-state index contributed by atoms with van der Waals surface area (Å²) in [5, 5.41) is 5.30. The fourth-order valence-electron chi connectivity index (χ4n) is 3.38. The van der Waals surface area contributed by atoms with Crippen molar-refractivity contribution in [2.24, 2.45) is 10.7 Å². The second kappa shape index (κ2) is 12.4. The highest BCUT2D eigenvalue weighted by molar-refractivity contribution is 6.06. The molecule has 3 heterocycles. The smallest absolute Gasteiger partial charge is 0.398 e. The number of alkyl halides is 3. The number of amides is 2. The van der Waals surface area contributed by atoms with E-state index in [9.17, 15) is 22.8 Å². The van der Waals surface area contributed by atoms with E-state index in [1.165, 1.54) is 42.7 Å². The van der Waals surface area contributed by atoms with Gasteiger partial charge in [-0.1, -0.05) is 12.1 Å². The zero-order valence-electron chi connectivity index (χ0n) is 20.8. The van der Waals surface area contributed by atoms with Gasteiger partial charge in [0.1, 0.15) is 11.5 Å². The zero-order valence-corrected chi connectivity index (χ0v) is 20.8. The van der Waals surface area contributed by atoms with Gasteiger partial charge in [-0.3, -0.25) is 19.6 Å². The number of hydrogen-bond acceptors (Lipinski definition) is 7. The minimum absolute atomic E-state index is 0.0781. The Hall–Kier alpha value is -5.39. The third-order valence-electron chi connectivity index (χ3n) is 5.38. The predicted molar refractivity (Wildman–Crippen MR) is 144 cm³/mol. The molecule has 4 aromatic rings. The van der Waals surface area contributed by atoms with Gasteiger partial charge in [0.25, 0.3) is 11.8 Å². The first kappa shape index (κ1) is 27.6. The lowest BCUT2D eigenvalue weighted by atomic mass is 10.1. The molecule has 0 spiro atoms. The molecule has 202 valence electrons. The van der Waals surface area contributed by atoms with E-state index in [0.717, 1.165) is 11.8 Å². The molecule has 0 unspecified atom stereocenters. The van der Waals surface area contributed by atoms with Gasteiger partial charge < -0.3 is 16.4 Å². The summed E-state index contributed by atoms with van der Waals surface area (Å²) in [5.41, 5.74) is 5.90. The lowest BCUT2D eigenvalue weighted by Crippen LogP contribution is -2.23. The number of rotatable bonds is 8. The normalized spacial score (nSPS) is 12.1. The second-order valence-corrected chi connectivity index (χ2v) is 8.32. The maximum absolute atomic E-state index is 13.6. The number of nitrogens with zero attached hydrogens (tertiary/aromatic N) is 4. The number of benzene rings is 1. The maximum Gasteiger partial charge on any atom is 0.433 e. The Morgan fingerprint density at radius 2 is 1.57 bits per heavy atom. The highest BCUT2D eigenvalue weighted by atomic mass is 19.4. The van der Waals surface area contributed by atoms with Crippen molar-refractivity contribution in [3.05, 3.63) is 120 Å². The number of nitrogens with two attached hydrogens (primary N) is 1. The Bertz CT molecular complexity index is 1540. The summed E-state index contributed by atoms with van der Waals surface area (Å²) in [4.78, 5) is 40.7. The number of aromatic nitrogens is 3. The van der Waals surface area contributed by atoms with E-state index in [-0.39, 0.29) is 40.8 Å². The van der Waals surface area contributed by atoms with Crippen molar-refractivity contribution in [2.45, 2.75) is 12.7 Å². The fourth-order valence-corrected chi connectivity index (χ4v) is 3.38. The molecule has 0 bridgehead atoms. The number of aliphatic imine (C=N–C) groups is 1. The van der Waals surface area contributed by atoms with Gasteiger partial charge in [-0.2, -0.15) is 13.2 Å². The molecule has 4 rings (SSSR count). The number of allylic oxidation sites excluding steroid dienone is 1. The Balaban J connectivity index is 1.44. The van der Waals surface area contributed by atoms with Crippen LogP contribution < -0.4 is 16.4 Å². The quantitative estimate of drug-likeness (QED) is 0.275. The Morgan fingerprint density at radius 3 is 2.20 bits per heavy atom. The molecule has 0 atom stereocenters. The van der Waals surface area contributed by atoms with Crippen molar-refractivity contribution in [2.75, 3.05) is 5.32 Å².